The number of nitrogens with two attached hydrogens (primary N) is 2. The third kappa shape index (κ3) is 16.4. The van der Waals surface area contributed by atoms with Gasteiger partial charge in [0.05, 0.1) is 26.1 Å². The lowest BCUT2D eigenvalue weighted by Crippen LogP contribution is -2.43. The molecule has 258 valence electrons. The molecule has 0 radical (unpaired) electrons. The Balaban J connectivity index is 0.00000364. The van der Waals surface area contributed by atoms with E-state index in [1.165, 1.54) is 0 Å². The molecule has 17 heteroatoms. The molecule has 0 saturated heterocycles. The van der Waals surface area contributed by atoms with Crippen molar-refractivity contribution in [1.29, 1.82) is 0 Å². The summed E-state index contributed by atoms with van der Waals surface area (Å²) in [6.45, 7) is 16.1. The fourth-order valence-electron chi connectivity index (χ4n) is 3.50. The van der Waals surface area contributed by atoms with E-state index >= 15 is 0 Å². The lowest BCUT2D eigenvalue weighted by atomic mass is 10.3. The molecule has 2 heterocycles. The number of halogens is 1. The smallest absolute Gasteiger partial charge is 0.323 e. The molecular formula is C28H53ClN9O6P. The van der Waals surface area contributed by atoms with Crippen LogP contribution < -0.4 is 27.0 Å². The van der Waals surface area contributed by atoms with Gasteiger partial charge in [0, 0.05) is 13.1 Å². The first kappa shape index (κ1) is 42.2. The molecule has 2 atom stereocenters. The van der Waals surface area contributed by atoms with Crippen LogP contribution in [0.15, 0.2) is 19.0 Å². The number of aromatic nitrogens is 4. The van der Waals surface area contributed by atoms with Gasteiger partial charge in [-0.2, -0.15) is 9.97 Å². The summed E-state index contributed by atoms with van der Waals surface area (Å²) in [4.78, 5) is 37.6. The number of anilines is 2. The van der Waals surface area contributed by atoms with Crippen molar-refractivity contribution in [3.63, 3.8) is 0 Å². The minimum absolute atomic E-state index is 0. The van der Waals surface area contributed by atoms with Crippen LogP contribution in [0.4, 0.5) is 11.8 Å². The number of ether oxygens (including phenoxy) is 3. The van der Waals surface area contributed by atoms with Gasteiger partial charge in [-0.1, -0.05) is 46.6 Å². The maximum Gasteiger partial charge on any atom is 0.323 e. The molecule has 0 bridgehead atoms. The Hall–Kier alpha value is -2.81. The topological polar surface area (TPSA) is 211 Å². The van der Waals surface area contributed by atoms with Crippen LogP contribution in [-0.4, -0.2) is 82.3 Å². The van der Waals surface area contributed by atoms with E-state index in [-0.39, 0.29) is 44.5 Å². The summed E-state index contributed by atoms with van der Waals surface area (Å²) >= 11 is 0. The van der Waals surface area contributed by atoms with Gasteiger partial charge < -0.3 is 35.6 Å². The minimum Gasteiger partial charge on any atom is -0.465 e. The van der Waals surface area contributed by atoms with Crippen LogP contribution in [0.5, 0.6) is 0 Å². The number of carbonyl (C=O) groups is 2. The van der Waals surface area contributed by atoms with E-state index in [0.29, 0.717) is 36.1 Å². The number of imidazole rings is 1. The van der Waals surface area contributed by atoms with Crippen LogP contribution in [-0.2, 0) is 34.9 Å². The quantitative estimate of drug-likeness (QED) is 0.0587. The van der Waals surface area contributed by atoms with Crippen molar-refractivity contribution in [2.45, 2.75) is 91.9 Å². The zero-order valence-electron chi connectivity index (χ0n) is 27.4. The molecule has 2 aromatic heterocycles. The van der Waals surface area contributed by atoms with Crippen molar-refractivity contribution < 1.29 is 28.4 Å². The molecule has 45 heavy (non-hydrogen) atoms. The van der Waals surface area contributed by atoms with Gasteiger partial charge in [0.2, 0.25) is 13.4 Å². The highest BCUT2D eigenvalue weighted by atomic mass is 35.5. The summed E-state index contributed by atoms with van der Waals surface area (Å²) in [5, 5.41) is 8.67. The number of nitrogen functional groups attached to an aromatic ring is 1. The summed E-state index contributed by atoms with van der Waals surface area (Å²) in [7, 11) is -3.61. The molecule has 0 fully saturated rings. The third-order valence-electron chi connectivity index (χ3n) is 5.64. The number of unbranched alkanes of at least 4 members (excludes halogenated alkanes) is 2. The average molecular weight is 678 g/mol. The highest BCUT2D eigenvalue weighted by Crippen LogP contribution is 2.37. The molecule has 0 aliphatic rings. The van der Waals surface area contributed by atoms with E-state index in [1.54, 1.807) is 30.8 Å². The van der Waals surface area contributed by atoms with Gasteiger partial charge in [-0.05, 0) is 32.7 Å². The number of fused-ring (bicyclic) bond motifs is 1. The van der Waals surface area contributed by atoms with Crippen molar-refractivity contribution >= 4 is 54.7 Å². The van der Waals surface area contributed by atoms with Crippen molar-refractivity contribution in [1.82, 2.24) is 29.7 Å². The lowest BCUT2D eigenvalue weighted by Gasteiger charge is -2.26. The number of rotatable bonds is 20. The number of esters is 2. The maximum atomic E-state index is 13.8. The van der Waals surface area contributed by atoms with Gasteiger partial charge in [0.1, 0.15) is 18.4 Å². The second-order valence-electron chi connectivity index (χ2n) is 10.5. The Labute approximate surface area is 272 Å². The molecule has 7 N–H and O–H groups in total. The molecule has 0 saturated carbocycles. The standard InChI is InChI=1S/C25H43N8O6P.C3H9N.ClH/c1-6-9-13-38-23(34)18(4)31-40(36,32-19(5)24(35)39-14-10-7-2)17-37-15-12-33-16-28-20-21(27-11-8-3)29-25(26)30-22(20)33;1-3(2)4;/h8,16,18-19H,3,6-7,9-15,17H2,1-2,4-5H3,(H2,31,32,36)(H3,26,27,29,30);3H,4H2,1-2H3;1H/t18-,19-;;/m0../s1. The fourth-order valence-corrected chi connectivity index (χ4v) is 5.57. The number of nitrogens with zero attached hydrogens (tertiary/aromatic N) is 4. The summed E-state index contributed by atoms with van der Waals surface area (Å²) in [6.07, 6.45) is 6.16. The average Bonchev–Trinajstić information content (AvgIpc) is 3.36. The normalized spacial score (nSPS) is 12.4. The molecule has 2 rings (SSSR count). The SMILES string of the molecule is C=CCNc1nc(N)nc2c1ncn2CCOCP(=O)(N[C@@H](C)C(=O)OCCCC)N[C@@H](C)C(=O)OCCCC.CC(C)N.Cl. The van der Waals surface area contributed by atoms with Crippen molar-refractivity contribution in [3.8, 4) is 0 Å². The van der Waals surface area contributed by atoms with Crippen LogP contribution >= 0.6 is 19.9 Å². The molecule has 0 amide bonds. The maximum absolute atomic E-state index is 13.8. The van der Waals surface area contributed by atoms with E-state index < -0.39 is 31.5 Å². The first-order chi connectivity index (χ1) is 20.9. The summed E-state index contributed by atoms with van der Waals surface area (Å²) in [5.74, 6) is -0.521. The molecule has 0 spiro atoms. The molecule has 0 aliphatic heterocycles. The first-order valence-electron chi connectivity index (χ1n) is 15.0. The van der Waals surface area contributed by atoms with E-state index in [4.69, 9.17) is 25.7 Å². The predicted molar refractivity (Wildman–Crippen MR) is 180 cm³/mol. The van der Waals surface area contributed by atoms with E-state index in [1.807, 2.05) is 27.7 Å². The molecule has 15 nitrogen and oxygen atoms in total. The second-order valence-corrected chi connectivity index (χ2v) is 12.7. The lowest BCUT2D eigenvalue weighted by molar-refractivity contribution is -0.145. The van der Waals surface area contributed by atoms with Crippen LogP contribution in [0.2, 0.25) is 0 Å². The highest BCUT2D eigenvalue weighted by molar-refractivity contribution is 7.59. The number of carbonyl (C=O) groups excluding carboxylic acids is 2. The Morgan fingerprint density at radius 3 is 2.04 bits per heavy atom. The summed E-state index contributed by atoms with van der Waals surface area (Å²) in [6, 6.07) is -1.47. The number of hydrogen-bond donors (Lipinski definition) is 5. The van der Waals surface area contributed by atoms with Crippen LogP contribution in [0.3, 0.4) is 0 Å². The number of nitrogens with one attached hydrogen (secondary N) is 3. The third-order valence-corrected chi connectivity index (χ3v) is 7.80. The van der Waals surface area contributed by atoms with Crippen LogP contribution in [0.25, 0.3) is 11.2 Å². The molecule has 0 aromatic carbocycles. The second kappa shape index (κ2) is 22.7. The Morgan fingerprint density at radius 2 is 1.56 bits per heavy atom. The Morgan fingerprint density at radius 1 is 1.02 bits per heavy atom. The van der Waals surface area contributed by atoms with Gasteiger partial charge in [-0.3, -0.25) is 14.2 Å². The molecular weight excluding hydrogens is 625 g/mol. The van der Waals surface area contributed by atoms with Gasteiger partial charge in [-0.15, -0.1) is 19.0 Å². The van der Waals surface area contributed by atoms with Crippen molar-refractivity contribution in [2.75, 3.05) is 43.8 Å². The Kier molecular flexibility index (Phi) is 21.2. The van der Waals surface area contributed by atoms with Gasteiger partial charge in [-0.25, -0.2) is 15.2 Å². The Bertz CT molecular complexity index is 1180. The largest absolute Gasteiger partial charge is 0.465 e. The van der Waals surface area contributed by atoms with Crippen molar-refractivity contribution in [2.24, 2.45) is 5.73 Å². The molecule has 0 unspecified atom stereocenters. The van der Waals surface area contributed by atoms with Crippen LogP contribution in [0.1, 0.15) is 67.2 Å². The molecule has 2 aromatic rings. The minimum atomic E-state index is -3.61. The predicted octanol–water partition coefficient (Wildman–Crippen LogP) is 3.59. The number of hydrogen-bond acceptors (Lipinski definition) is 12. The van der Waals surface area contributed by atoms with Crippen molar-refractivity contribution in [3.05, 3.63) is 19.0 Å². The summed E-state index contributed by atoms with van der Waals surface area (Å²) in [5.41, 5.74) is 12.0. The molecule has 0 aliphatic carbocycles. The van der Waals surface area contributed by atoms with Crippen LogP contribution in [0, 0.1) is 0 Å². The fraction of sp³-hybridized carbons (Fsp3) is 0.679. The summed E-state index contributed by atoms with van der Waals surface area (Å²) < 4.78 is 31.8. The van der Waals surface area contributed by atoms with Gasteiger partial charge >= 0.3 is 11.9 Å². The van der Waals surface area contributed by atoms with Gasteiger partial charge in [0.15, 0.2) is 17.0 Å². The monoisotopic (exact) mass is 677 g/mol. The van der Waals surface area contributed by atoms with Gasteiger partial charge in [0.25, 0.3) is 0 Å². The zero-order chi connectivity index (χ0) is 33.1. The highest BCUT2D eigenvalue weighted by Gasteiger charge is 2.32. The first-order valence-corrected chi connectivity index (χ1v) is 16.9. The van der Waals surface area contributed by atoms with E-state index in [0.717, 1.165) is 25.7 Å². The van der Waals surface area contributed by atoms with E-state index in [9.17, 15) is 14.2 Å². The van der Waals surface area contributed by atoms with E-state index in [2.05, 4.69) is 37.0 Å². The zero-order valence-corrected chi connectivity index (χ0v) is 29.1.